The van der Waals surface area contributed by atoms with Crippen LogP contribution in [0.25, 0.3) is 33.4 Å². The smallest absolute Gasteiger partial charge is 0.168 e. The summed E-state index contributed by atoms with van der Waals surface area (Å²) in [5, 5.41) is 0. The van der Waals surface area contributed by atoms with Crippen LogP contribution >= 0.6 is 0 Å². The lowest BCUT2D eigenvalue weighted by atomic mass is 9.94. The Morgan fingerprint density at radius 3 is 1.27 bits per heavy atom. The highest BCUT2D eigenvalue weighted by Gasteiger charge is 2.09. The molecule has 0 saturated carbocycles. The van der Waals surface area contributed by atoms with Crippen LogP contribution in [-0.4, -0.2) is 28.8 Å². The lowest BCUT2D eigenvalue weighted by molar-refractivity contribution is 0.111. The van der Waals surface area contributed by atoms with Gasteiger partial charge in [0.1, 0.15) is 17.7 Å². The molecule has 2 heterocycles. The number of benzene rings is 2. The first-order valence-corrected chi connectivity index (χ1v) is 9.24. The van der Waals surface area contributed by atoms with Crippen molar-refractivity contribution >= 4 is 18.9 Å². The van der Waals surface area contributed by atoms with Crippen LogP contribution in [0.5, 0.6) is 0 Å². The zero-order valence-electron chi connectivity index (χ0n) is 15.9. The van der Waals surface area contributed by atoms with Gasteiger partial charge in [0.2, 0.25) is 0 Å². The van der Waals surface area contributed by atoms with Crippen molar-refractivity contribution in [3.05, 3.63) is 96.1 Å². The van der Waals surface area contributed by atoms with Crippen molar-refractivity contribution in [3.8, 4) is 33.4 Å². The Morgan fingerprint density at radius 2 is 0.900 bits per heavy atom. The minimum absolute atomic E-state index is 0.369. The molecule has 0 aliphatic heterocycles. The molecule has 2 aromatic heterocycles. The lowest BCUT2D eigenvalue weighted by Gasteiger charge is -2.11. The van der Waals surface area contributed by atoms with Crippen molar-refractivity contribution in [1.82, 2.24) is 9.97 Å². The minimum Gasteiger partial charge on any atom is -0.298 e. The van der Waals surface area contributed by atoms with Gasteiger partial charge in [0, 0.05) is 29.1 Å². The van der Waals surface area contributed by atoms with Gasteiger partial charge in [-0.15, -0.1) is 0 Å². The third kappa shape index (κ3) is 3.95. The van der Waals surface area contributed by atoms with E-state index in [9.17, 15) is 14.4 Å². The minimum atomic E-state index is 0.369. The highest BCUT2D eigenvalue weighted by Crippen LogP contribution is 2.32. The average molecular weight is 392 g/mol. The molecule has 5 heteroatoms. The molecule has 0 atom stereocenters. The second kappa shape index (κ2) is 8.41. The first-order chi connectivity index (χ1) is 14.7. The van der Waals surface area contributed by atoms with E-state index < -0.39 is 0 Å². The number of hydrogen-bond donors (Lipinski definition) is 0. The average Bonchev–Trinajstić information content (AvgIpc) is 2.84. The molecule has 0 aliphatic rings. The van der Waals surface area contributed by atoms with Gasteiger partial charge in [0.05, 0.1) is 0 Å². The van der Waals surface area contributed by atoms with E-state index in [0.29, 0.717) is 29.5 Å². The molecule has 0 saturated heterocycles. The molecule has 4 rings (SSSR count). The van der Waals surface area contributed by atoms with E-state index in [1.54, 1.807) is 36.7 Å². The van der Waals surface area contributed by atoms with Crippen LogP contribution in [0.2, 0.25) is 0 Å². The van der Waals surface area contributed by atoms with E-state index in [1.807, 2.05) is 42.5 Å². The predicted octanol–water partition coefficient (Wildman–Crippen LogP) is 4.92. The molecule has 0 fully saturated rings. The highest BCUT2D eigenvalue weighted by molar-refractivity contribution is 5.83. The summed E-state index contributed by atoms with van der Waals surface area (Å²) in [6, 6.07) is 20.5. The maximum absolute atomic E-state index is 11.0. The fraction of sp³-hybridized carbons (Fsp3) is 0. The Bertz CT molecular complexity index is 1040. The molecule has 0 spiro atoms. The summed E-state index contributed by atoms with van der Waals surface area (Å²) in [7, 11) is 0. The number of hydrogen-bond acceptors (Lipinski definition) is 5. The van der Waals surface area contributed by atoms with Gasteiger partial charge in [0.15, 0.2) is 12.6 Å². The third-order valence-corrected chi connectivity index (χ3v) is 4.79. The van der Waals surface area contributed by atoms with Crippen molar-refractivity contribution in [2.24, 2.45) is 0 Å². The van der Waals surface area contributed by atoms with E-state index in [4.69, 9.17) is 0 Å². The zero-order chi connectivity index (χ0) is 20.9. The third-order valence-electron chi connectivity index (χ3n) is 4.79. The van der Waals surface area contributed by atoms with Crippen molar-refractivity contribution in [2.75, 3.05) is 0 Å². The summed E-state index contributed by atoms with van der Waals surface area (Å²) >= 11 is 0. The second-order valence-electron chi connectivity index (χ2n) is 6.72. The topological polar surface area (TPSA) is 77.0 Å². The summed E-state index contributed by atoms with van der Waals surface area (Å²) in [5.41, 5.74) is 6.84. The Balaban J connectivity index is 1.86. The van der Waals surface area contributed by atoms with Crippen LogP contribution in [0, 0.1) is 0 Å². The fourth-order valence-electron chi connectivity index (χ4n) is 3.17. The molecule has 0 aliphatic carbocycles. The SMILES string of the molecule is O=Cc1ccc(-c2cc(-c3ccc(C=O)nc3)cc(-c3ccc(C=O)nc3)c2)cc1. The van der Waals surface area contributed by atoms with Gasteiger partial charge in [-0.25, -0.2) is 0 Å². The van der Waals surface area contributed by atoms with Crippen LogP contribution in [0.1, 0.15) is 31.3 Å². The molecule has 2 aromatic carbocycles. The van der Waals surface area contributed by atoms with Crippen LogP contribution in [0.4, 0.5) is 0 Å². The molecule has 4 aromatic rings. The van der Waals surface area contributed by atoms with Crippen molar-refractivity contribution in [3.63, 3.8) is 0 Å². The van der Waals surface area contributed by atoms with Crippen LogP contribution in [-0.2, 0) is 0 Å². The molecule has 0 radical (unpaired) electrons. The number of aldehydes is 3. The Kier molecular flexibility index (Phi) is 5.35. The molecule has 0 amide bonds. The Hall–Kier alpha value is -4.25. The molecular weight excluding hydrogens is 376 g/mol. The maximum Gasteiger partial charge on any atom is 0.168 e. The molecule has 30 heavy (non-hydrogen) atoms. The molecule has 5 nitrogen and oxygen atoms in total. The predicted molar refractivity (Wildman–Crippen MR) is 115 cm³/mol. The van der Waals surface area contributed by atoms with Gasteiger partial charge >= 0.3 is 0 Å². The van der Waals surface area contributed by atoms with Crippen LogP contribution in [0.3, 0.4) is 0 Å². The van der Waals surface area contributed by atoms with E-state index >= 15 is 0 Å². The van der Waals surface area contributed by atoms with E-state index in [1.165, 1.54) is 0 Å². The summed E-state index contributed by atoms with van der Waals surface area (Å²) in [5.74, 6) is 0. The molecule has 144 valence electrons. The maximum atomic E-state index is 11.0. The number of nitrogens with zero attached hydrogens (tertiary/aromatic N) is 2. The largest absolute Gasteiger partial charge is 0.298 e. The molecule has 0 bridgehead atoms. The normalized spacial score (nSPS) is 10.4. The summed E-state index contributed by atoms with van der Waals surface area (Å²) in [6.07, 6.45) is 5.55. The van der Waals surface area contributed by atoms with E-state index in [-0.39, 0.29) is 0 Å². The Labute approximate surface area is 173 Å². The highest BCUT2D eigenvalue weighted by atomic mass is 16.1. The standard InChI is InChI=1S/C25H16N2O3/c28-14-17-1-3-18(4-2-17)21-9-22(19-5-7-24(15-29)26-12-19)11-23(10-21)20-6-8-25(16-30)27-13-20/h1-16H. The summed E-state index contributed by atoms with van der Waals surface area (Å²) in [4.78, 5) is 41.1. The van der Waals surface area contributed by atoms with Crippen LogP contribution < -0.4 is 0 Å². The van der Waals surface area contributed by atoms with Crippen molar-refractivity contribution < 1.29 is 14.4 Å². The fourth-order valence-corrected chi connectivity index (χ4v) is 3.17. The molecule has 0 N–H and O–H groups in total. The number of aromatic nitrogens is 2. The first-order valence-electron chi connectivity index (χ1n) is 9.24. The molecule has 0 unspecified atom stereocenters. The zero-order valence-corrected chi connectivity index (χ0v) is 15.9. The van der Waals surface area contributed by atoms with Crippen molar-refractivity contribution in [2.45, 2.75) is 0 Å². The number of carbonyl (C=O) groups is 3. The Morgan fingerprint density at radius 1 is 0.467 bits per heavy atom. The second-order valence-corrected chi connectivity index (χ2v) is 6.72. The first kappa shape index (κ1) is 19.1. The van der Waals surface area contributed by atoms with Gasteiger partial charge in [-0.2, -0.15) is 0 Å². The van der Waals surface area contributed by atoms with E-state index in [0.717, 1.165) is 39.7 Å². The van der Waals surface area contributed by atoms with Crippen LogP contribution in [0.15, 0.2) is 79.1 Å². The van der Waals surface area contributed by atoms with Gasteiger partial charge < -0.3 is 0 Å². The number of carbonyl (C=O) groups excluding carboxylic acids is 3. The quantitative estimate of drug-likeness (QED) is 0.436. The monoisotopic (exact) mass is 392 g/mol. The number of pyridine rings is 2. The van der Waals surface area contributed by atoms with Gasteiger partial charge in [-0.05, 0) is 52.6 Å². The van der Waals surface area contributed by atoms with Gasteiger partial charge in [-0.1, -0.05) is 36.4 Å². The summed E-state index contributed by atoms with van der Waals surface area (Å²) < 4.78 is 0. The van der Waals surface area contributed by atoms with Crippen molar-refractivity contribution in [1.29, 1.82) is 0 Å². The molecular formula is C25H16N2O3. The van der Waals surface area contributed by atoms with E-state index in [2.05, 4.69) is 9.97 Å². The summed E-state index contributed by atoms with van der Waals surface area (Å²) in [6.45, 7) is 0. The van der Waals surface area contributed by atoms with Gasteiger partial charge in [0.25, 0.3) is 0 Å². The van der Waals surface area contributed by atoms with Gasteiger partial charge in [-0.3, -0.25) is 24.4 Å². The number of rotatable bonds is 6. The lowest BCUT2D eigenvalue weighted by Crippen LogP contribution is -1.91.